The van der Waals surface area contributed by atoms with Crippen LogP contribution < -0.4 is 0 Å². The number of hydrogen-bond acceptors (Lipinski definition) is 3. The molecule has 0 saturated carbocycles. The van der Waals surface area contributed by atoms with Crippen LogP contribution in [0.15, 0.2) is 24.3 Å². The number of esters is 1. The van der Waals surface area contributed by atoms with Crippen LogP contribution in [0, 0.1) is 0 Å². The lowest BCUT2D eigenvalue weighted by molar-refractivity contribution is -0.137. The Hall–Kier alpha value is -0.610. The predicted octanol–water partition coefficient (Wildman–Crippen LogP) is 1.80. The highest BCUT2D eigenvalue weighted by molar-refractivity contribution is 8.93. The lowest BCUT2D eigenvalue weighted by Gasteiger charge is -2.06. The topological polar surface area (TPSA) is 29.5 Å². The van der Waals surface area contributed by atoms with Crippen molar-refractivity contribution in [2.24, 2.45) is 0 Å². The smallest absolute Gasteiger partial charge is 0.333 e. The lowest BCUT2D eigenvalue weighted by Crippen LogP contribution is -2.13. The minimum Gasteiger partial charge on any atom is -0.458 e. The minimum absolute atomic E-state index is 0. The molecular formula is C10H18BrNO2. The molecule has 0 aromatic carbocycles. The fourth-order valence-electron chi connectivity index (χ4n) is 0.651. The second-order valence-electron chi connectivity index (χ2n) is 3.04. The molecule has 0 saturated heterocycles. The Morgan fingerprint density at radius 2 is 2.07 bits per heavy atom. The molecule has 0 rings (SSSR count). The highest BCUT2D eigenvalue weighted by atomic mass is 79.9. The number of rotatable bonds is 5. The summed E-state index contributed by atoms with van der Waals surface area (Å²) in [6.07, 6.45) is 3.39. The van der Waals surface area contributed by atoms with Crippen molar-refractivity contribution >= 4 is 23.0 Å². The second kappa shape index (κ2) is 8.97. The summed E-state index contributed by atoms with van der Waals surface area (Å²) in [6.45, 7) is 6.22. The first-order chi connectivity index (χ1) is 6.07. The lowest BCUT2D eigenvalue weighted by atomic mass is 10.3. The normalized spacial score (nSPS) is 10.7. The maximum atomic E-state index is 11.2. The van der Waals surface area contributed by atoms with Gasteiger partial charge in [0.05, 0.1) is 0 Å². The number of nitrogens with zero attached hydrogens (tertiary/aromatic N) is 1. The average molecular weight is 264 g/mol. The van der Waals surface area contributed by atoms with Gasteiger partial charge in [-0.3, -0.25) is 0 Å². The summed E-state index contributed by atoms with van der Waals surface area (Å²) in [5, 5.41) is 0. The summed E-state index contributed by atoms with van der Waals surface area (Å²) in [7, 11) is 3.89. The molecule has 0 atom stereocenters. The third kappa shape index (κ3) is 8.01. The van der Waals surface area contributed by atoms with Crippen LogP contribution in [0.3, 0.4) is 0 Å². The Morgan fingerprint density at radius 3 is 2.50 bits per heavy atom. The van der Waals surface area contributed by atoms with Gasteiger partial charge in [-0.15, -0.1) is 17.0 Å². The minimum atomic E-state index is -0.276. The standard InChI is InChI=1S/C10H17NO2.BrH/c1-5-8-13-10(12)9(2)6-7-11(3)4;/h5-6H,1,7-8H2,2-4H3;1H. The first-order valence-corrected chi connectivity index (χ1v) is 4.17. The summed E-state index contributed by atoms with van der Waals surface area (Å²) in [6, 6.07) is 0. The molecule has 3 nitrogen and oxygen atoms in total. The van der Waals surface area contributed by atoms with Crippen molar-refractivity contribution in [3.63, 3.8) is 0 Å². The SMILES string of the molecule is Br.C=CCOC(=O)C(C)=CCN(C)C. The van der Waals surface area contributed by atoms with Gasteiger partial charge >= 0.3 is 5.97 Å². The van der Waals surface area contributed by atoms with Crippen molar-refractivity contribution in [1.29, 1.82) is 0 Å². The van der Waals surface area contributed by atoms with Gasteiger partial charge in [0, 0.05) is 12.1 Å². The van der Waals surface area contributed by atoms with E-state index in [1.54, 1.807) is 13.0 Å². The van der Waals surface area contributed by atoms with Gasteiger partial charge in [0.2, 0.25) is 0 Å². The number of likely N-dealkylation sites (N-methyl/N-ethyl adjacent to an activating group) is 1. The highest BCUT2D eigenvalue weighted by Crippen LogP contribution is 1.96. The number of hydrogen-bond donors (Lipinski definition) is 0. The van der Waals surface area contributed by atoms with Gasteiger partial charge < -0.3 is 9.64 Å². The fourth-order valence-corrected chi connectivity index (χ4v) is 0.651. The quantitative estimate of drug-likeness (QED) is 0.431. The van der Waals surface area contributed by atoms with E-state index in [1.807, 2.05) is 25.1 Å². The third-order valence-electron chi connectivity index (χ3n) is 1.42. The molecule has 0 N–H and O–H groups in total. The highest BCUT2D eigenvalue weighted by Gasteiger charge is 2.03. The van der Waals surface area contributed by atoms with Crippen LogP contribution in [0.1, 0.15) is 6.92 Å². The Labute approximate surface area is 96.2 Å². The molecule has 0 aromatic rings. The van der Waals surface area contributed by atoms with E-state index in [4.69, 9.17) is 4.74 Å². The van der Waals surface area contributed by atoms with Crippen LogP contribution in [-0.4, -0.2) is 38.1 Å². The summed E-state index contributed by atoms with van der Waals surface area (Å²) in [5.41, 5.74) is 0.635. The van der Waals surface area contributed by atoms with Gasteiger partial charge in [-0.1, -0.05) is 18.7 Å². The van der Waals surface area contributed by atoms with Gasteiger partial charge in [0.1, 0.15) is 6.61 Å². The summed E-state index contributed by atoms with van der Waals surface area (Å²) in [5.74, 6) is -0.276. The van der Waals surface area contributed by atoms with Gasteiger partial charge in [-0.25, -0.2) is 4.79 Å². The zero-order valence-electron chi connectivity index (χ0n) is 8.95. The second-order valence-corrected chi connectivity index (χ2v) is 3.04. The van der Waals surface area contributed by atoms with E-state index in [9.17, 15) is 4.79 Å². The van der Waals surface area contributed by atoms with Crippen molar-refractivity contribution in [3.8, 4) is 0 Å². The molecule has 0 aliphatic rings. The maximum absolute atomic E-state index is 11.2. The third-order valence-corrected chi connectivity index (χ3v) is 1.42. The van der Waals surface area contributed by atoms with E-state index in [2.05, 4.69) is 6.58 Å². The molecule has 4 heteroatoms. The number of halogens is 1. The van der Waals surface area contributed by atoms with Gasteiger partial charge in [-0.2, -0.15) is 0 Å². The molecule has 0 unspecified atom stereocenters. The summed E-state index contributed by atoms with van der Waals surface area (Å²) < 4.78 is 4.84. The van der Waals surface area contributed by atoms with Gasteiger partial charge in [0.25, 0.3) is 0 Å². The van der Waals surface area contributed by atoms with Crippen molar-refractivity contribution in [2.75, 3.05) is 27.2 Å². The van der Waals surface area contributed by atoms with Crippen molar-refractivity contribution in [1.82, 2.24) is 4.90 Å². The van der Waals surface area contributed by atoms with E-state index in [-0.39, 0.29) is 29.6 Å². The maximum Gasteiger partial charge on any atom is 0.333 e. The van der Waals surface area contributed by atoms with E-state index in [1.165, 1.54) is 0 Å². The summed E-state index contributed by atoms with van der Waals surface area (Å²) >= 11 is 0. The molecule has 0 aromatic heterocycles. The van der Waals surface area contributed by atoms with Crippen LogP contribution in [0.2, 0.25) is 0 Å². The molecule has 0 aliphatic carbocycles. The van der Waals surface area contributed by atoms with E-state index < -0.39 is 0 Å². The van der Waals surface area contributed by atoms with Crippen LogP contribution in [0.5, 0.6) is 0 Å². The first-order valence-electron chi connectivity index (χ1n) is 4.17. The molecule has 0 radical (unpaired) electrons. The van der Waals surface area contributed by atoms with Gasteiger partial charge in [0.15, 0.2) is 0 Å². The number of carbonyl (C=O) groups excluding carboxylic acids is 1. The Bertz CT molecular complexity index is 212. The zero-order valence-corrected chi connectivity index (χ0v) is 10.7. The zero-order chi connectivity index (χ0) is 10.3. The Kier molecular flexibility index (Phi) is 10.1. The molecule has 14 heavy (non-hydrogen) atoms. The molecular weight excluding hydrogens is 246 g/mol. The molecule has 0 amide bonds. The van der Waals surface area contributed by atoms with E-state index >= 15 is 0 Å². The molecule has 0 aliphatic heterocycles. The molecule has 0 spiro atoms. The molecule has 0 heterocycles. The molecule has 0 bridgehead atoms. The number of ether oxygens (including phenoxy) is 1. The van der Waals surface area contributed by atoms with Gasteiger partial charge in [-0.05, 0) is 21.0 Å². The van der Waals surface area contributed by atoms with Crippen LogP contribution >= 0.6 is 17.0 Å². The fraction of sp³-hybridized carbons (Fsp3) is 0.500. The predicted molar refractivity (Wildman–Crippen MR) is 63.8 cm³/mol. The van der Waals surface area contributed by atoms with Crippen molar-refractivity contribution in [2.45, 2.75) is 6.92 Å². The number of carbonyl (C=O) groups is 1. The monoisotopic (exact) mass is 263 g/mol. The van der Waals surface area contributed by atoms with Crippen LogP contribution in [-0.2, 0) is 9.53 Å². The Balaban J connectivity index is 0. The largest absolute Gasteiger partial charge is 0.458 e. The average Bonchev–Trinajstić information content (AvgIpc) is 2.10. The molecule has 0 fully saturated rings. The van der Waals surface area contributed by atoms with Crippen LogP contribution in [0.4, 0.5) is 0 Å². The van der Waals surface area contributed by atoms with Crippen LogP contribution in [0.25, 0.3) is 0 Å². The Morgan fingerprint density at radius 1 is 1.50 bits per heavy atom. The molecule has 82 valence electrons. The van der Waals surface area contributed by atoms with E-state index in [0.29, 0.717) is 5.57 Å². The van der Waals surface area contributed by atoms with E-state index in [0.717, 1.165) is 6.54 Å². The van der Waals surface area contributed by atoms with Crippen molar-refractivity contribution in [3.05, 3.63) is 24.3 Å². The first kappa shape index (κ1) is 15.8. The van der Waals surface area contributed by atoms with Crippen molar-refractivity contribution < 1.29 is 9.53 Å². The summed E-state index contributed by atoms with van der Waals surface area (Å²) in [4.78, 5) is 13.1.